The number of para-hydroxylation sites is 1. The van der Waals surface area contributed by atoms with Gasteiger partial charge in [-0.15, -0.1) is 0 Å². The number of morpholine rings is 1. The van der Waals surface area contributed by atoms with E-state index in [4.69, 9.17) is 4.74 Å². The second-order valence-corrected chi connectivity index (χ2v) is 4.82. The molecule has 0 amide bonds. The van der Waals surface area contributed by atoms with Crippen LogP contribution >= 0.6 is 0 Å². The summed E-state index contributed by atoms with van der Waals surface area (Å²) in [5.41, 5.74) is 2.00. The first kappa shape index (κ1) is 11.4. The van der Waals surface area contributed by atoms with Crippen LogP contribution in [0, 0.1) is 0 Å². The highest BCUT2D eigenvalue weighted by Crippen LogP contribution is 2.26. The van der Waals surface area contributed by atoms with Crippen molar-refractivity contribution in [3.05, 3.63) is 29.8 Å². The van der Waals surface area contributed by atoms with Crippen LogP contribution in [0.5, 0.6) is 0 Å². The standard InChI is InChI=1S/C13H19NO2/c1-13(2)10-14(7-8-16-13)12-6-4-3-5-11(12)9-15/h3-6,15H,7-10H2,1-2H3. The second kappa shape index (κ2) is 4.44. The summed E-state index contributed by atoms with van der Waals surface area (Å²) in [6, 6.07) is 8.00. The monoisotopic (exact) mass is 221 g/mol. The van der Waals surface area contributed by atoms with Gasteiger partial charge in [-0.2, -0.15) is 0 Å². The van der Waals surface area contributed by atoms with Gasteiger partial charge in [-0.05, 0) is 19.9 Å². The molecule has 0 unspecified atom stereocenters. The van der Waals surface area contributed by atoms with Crippen LogP contribution in [0.15, 0.2) is 24.3 Å². The van der Waals surface area contributed by atoms with Gasteiger partial charge >= 0.3 is 0 Å². The Morgan fingerprint density at radius 2 is 2.12 bits per heavy atom. The van der Waals surface area contributed by atoms with Crippen LogP contribution < -0.4 is 4.90 Å². The molecule has 1 aromatic carbocycles. The van der Waals surface area contributed by atoms with Gasteiger partial charge in [0.15, 0.2) is 0 Å². The Kier molecular flexibility index (Phi) is 3.17. The summed E-state index contributed by atoms with van der Waals surface area (Å²) in [5.74, 6) is 0. The molecule has 0 spiro atoms. The number of aliphatic hydroxyl groups excluding tert-OH is 1. The van der Waals surface area contributed by atoms with E-state index < -0.39 is 0 Å². The molecule has 16 heavy (non-hydrogen) atoms. The van der Waals surface area contributed by atoms with E-state index in [2.05, 4.69) is 24.8 Å². The molecule has 2 rings (SSSR count). The number of anilines is 1. The van der Waals surface area contributed by atoms with Gasteiger partial charge in [-0.25, -0.2) is 0 Å². The number of aliphatic hydroxyl groups is 1. The first-order valence-electron chi connectivity index (χ1n) is 5.70. The molecule has 88 valence electrons. The summed E-state index contributed by atoms with van der Waals surface area (Å²) in [7, 11) is 0. The summed E-state index contributed by atoms with van der Waals surface area (Å²) in [6.07, 6.45) is 0. The predicted octanol–water partition coefficient (Wildman–Crippen LogP) is 1.79. The molecule has 1 fully saturated rings. The summed E-state index contributed by atoms with van der Waals surface area (Å²) >= 11 is 0. The molecule has 0 bridgehead atoms. The summed E-state index contributed by atoms with van der Waals surface area (Å²) in [6.45, 7) is 6.78. The molecule has 0 radical (unpaired) electrons. The first-order chi connectivity index (χ1) is 7.62. The molecule has 1 aliphatic heterocycles. The summed E-state index contributed by atoms with van der Waals surface area (Å²) in [4.78, 5) is 2.29. The van der Waals surface area contributed by atoms with E-state index in [1.165, 1.54) is 0 Å². The number of ether oxygens (including phenoxy) is 1. The van der Waals surface area contributed by atoms with Gasteiger partial charge in [-0.3, -0.25) is 0 Å². The normalized spacial score (nSPS) is 19.8. The van der Waals surface area contributed by atoms with Crippen LogP contribution in [0.3, 0.4) is 0 Å². The average Bonchev–Trinajstić information content (AvgIpc) is 2.27. The lowest BCUT2D eigenvalue weighted by Gasteiger charge is -2.40. The highest BCUT2D eigenvalue weighted by molar-refractivity contribution is 5.54. The van der Waals surface area contributed by atoms with Gasteiger partial charge in [0.05, 0.1) is 18.8 Å². The molecule has 1 aromatic rings. The van der Waals surface area contributed by atoms with Crippen molar-refractivity contribution in [3.63, 3.8) is 0 Å². The minimum atomic E-state index is -0.110. The topological polar surface area (TPSA) is 32.7 Å². The fourth-order valence-electron chi connectivity index (χ4n) is 2.18. The Morgan fingerprint density at radius 1 is 1.38 bits per heavy atom. The lowest BCUT2D eigenvalue weighted by Crippen LogP contribution is -2.48. The molecule has 1 saturated heterocycles. The zero-order chi connectivity index (χ0) is 11.6. The minimum absolute atomic E-state index is 0.0912. The smallest absolute Gasteiger partial charge is 0.0801 e. The molecular formula is C13H19NO2. The first-order valence-corrected chi connectivity index (χ1v) is 5.70. The lowest BCUT2D eigenvalue weighted by atomic mass is 10.1. The highest BCUT2D eigenvalue weighted by Gasteiger charge is 2.27. The van der Waals surface area contributed by atoms with Crippen molar-refractivity contribution < 1.29 is 9.84 Å². The van der Waals surface area contributed by atoms with Crippen molar-refractivity contribution in [3.8, 4) is 0 Å². The maximum atomic E-state index is 9.32. The Balaban J connectivity index is 2.23. The molecule has 1 aliphatic rings. The van der Waals surface area contributed by atoms with Crippen molar-refractivity contribution in [1.29, 1.82) is 0 Å². The van der Waals surface area contributed by atoms with Crippen molar-refractivity contribution in [2.24, 2.45) is 0 Å². The summed E-state index contributed by atoms with van der Waals surface area (Å²) < 4.78 is 5.69. The molecule has 0 atom stereocenters. The van der Waals surface area contributed by atoms with Crippen LogP contribution in [0.1, 0.15) is 19.4 Å². The molecule has 3 heteroatoms. The van der Waals surface area contributed by atoms with Crippen molar-refractivity contribution in [2.45, 2.75) is 26.1 Å². The molecule has 1 heterocycles. The molecular weight excluding hydrogens is 202 g/mol. The van der Waals surface area contributed by atoms with E-state index in [0.29, 0.717) is 0 Å². The van der Waals surface area contributed by atoms with E-state index in [9.17, 15) is 5.11 Å². The SMILES string of the molecule is CC1(C)CN(c2ccccc2CO)CCO1. The zero-order valence-electron chi connectivity index (χ0n) is 9.94. The zero-order valence-corrected chi connectivity index (χ0v) is 9.94. The summed E-state index contributed by atoms with van der Waals surface area (Å²) in [5, 5.41) is 9.32. The molecule has 1 N–H and O–H groups in total. The quantitative estimate of drug-likeness (QED) is 0.826. The third kappa shape index (κ3) is 2.36. The van der Waals surface area contributed by atoms with Gasteiger partial charge < -0.3 is 14.7 Å². The van der Waals surface area contributed by atoms with Gasteiger partial charge in [0.1, 0.15) is 0 Å². The van der Waals surface area contributed by atoms with Gasteiger partial charge in [0.2, 0.25) is 0 Å². The fraction of sp³-hybridized carbons (Fsp3) is 0.538. The van der Waals surface area contributed by atoms with Gasteiger partial charge in [0.25, 0.3) is 0 Å². The van der Waals surface area contributed by atoms with E-state index in [1.807, 2.05) is 18.2 Å². The molecule has 0 aliphatic carbocycles. The van der Waals surface area contributed by atoms with Crippen molar-refractivity contribution >= 4 is 5.69 Å². The average molecular weight is 221 g/mol. The lowest BCUT2D eigenvalue weighted by molar-refractivity contribution is -0.0277. The largest absolute Gasteiger partial charge is 0.392 e. The predicted molar refractivity (Wildman–Crippen MR) is 64.6 cm³/mol. The van der Waals surface area contributed by atoms with E-state index in [-0.39, 0.29) is 12.2 Å². The van der Waals surface area contributed by atoms with Crippen LogP contribution in [0.4, 0.5) is 5.69 Å². The van der Waals surface area contributed by atoms with E-state index in [1.54, 1.807) is 0 Å². The van der Waals surface area contributed by atoms with Crippen LogP contribution in [0.2, 0.25) is 0 Å². The number of rotatable bonds is 2. The van der Waals surface area contributed by atoms with Crippen LogP contribution in [-0.2, 0) is 11.3 Å². The van der Waals surface area contributed by atoms with Crippen LogP contribution in [0.25, 0.3) is 0 Å². The Labute approximate surface area is 96.6 Å². The van der Waals surface area contributed by atoms with Crippen molar-refractivity contribution in [1.82, 2.24) is 0 Å². The maximum Gasteiger partial charge on any atom is 0.0801 e. The van der Waals surface area contributed by atoms with Gasteiger partial charge in [0, 0.05) is 24.3 Å². The fourth-order valence-corrected chi connectivity index (χ4v) is 2.18. The highest BCUT2D eigenvalue weighted by atomic mass is 16.5. The molecule has 3 nitrogen and oxygen atoms in total. The maximum absolute atomic E-state index is 9.32. The Hall–Kier alpha value is -1.06. The van der Waals surface area contributed by atoms with E-state index >= 15 is 0 Å². The number of hydrogen-bond donors (Lipinski definition) is 1. The molecule has 0 saturated carbocycles. The number of benzene rings is 1. The van der Waals surface area contributed by atoms with Gasteiger partial charge in [-0.1, -0.05) is 18.2 Å². The Bertz CT molecular complexity index is 363. The third-order valence-corrected chi connectivity index (χ3v) is 2.93. The van der Waals surface area contributed by atoms with E-state index in [0.717, 1.165) is 30.9 Å². The molecule has 0 aromatic heterocycles. The number of hydrogen-bond acceptors (Lipinski definition) is 3. The minimum Gasteiger partial charge on any atom is -0.392 e. The second-order valence-electron chi connectivity index (χ2n) is 4.82. The Morgan fingerprint density at radius 3 is 2.81 bits per heavy atom. The van der Waals surface area contributed by atoms with Crippen LogP contribution in [-0.4, -0.2) is 30.4 Å². The van der Waals surface area contributed by atoms with Crippen molar-refractivity contribution in [2.75, 3.05) is 24.6 Å². The number of nitrogens with zero attached hydrogens (tertiary/aromatic N) is 1. The third-order valence-electron chi connectivity index (χ3n) is 2.93.